The minimum absolute atomic E-state index is 0.252. The fraction of sp³-hybridized carbons (Fsp3) is 0.647. The Kier molecular flexibility index (Phi) is 4.27. The van der Waals surface area contributed by atoms with E-state index >= 15 is 0 Å². The van der Waals surface area contributed by atoms with Gasteiger partial charge >= 0.3 is 0 Å². The molecule has 1 aromatic rings. The van der Waals surface area contributed by atoms with Crippen LogP contribution in [-0.2, 0) is 6.42 Å². The van der Waals surface area contributed by atoms with Crippen LogP contribution in [0.3, 0.4) is 0 Å². The molecule has 0 amide bonds. The first-order valence-corrected chi connectivity index (χ1v) is 7.96. The van der Waals surface area contributed by atoms with Crippen LogP contribution in [0.4, 0.5) is 5.69 Å². The first-order valence-electron chi connectivity index (χ1n) is 7.96. The lowest BCUT2D eigenvalue weighted by molar-refractivity contribution is 0.235. The lowest BCUT2D eigenvalue weighted by Crippen LogP contribution is -2.40. The number of anilines is 1. The summed E-state index contributed by atoms with van der Waals surface area (Å²) in [6, 6.07) is 9.69. The molecule has 3 nitrogen and oxygen atoms in total. The number of aliphatic hydroxyl groups excluding tert-OH is 1. The molecule has 3 heteroatoms. The summed E-state index contributed by atoms with van der Waals surface area (Å²) >= 11 is 0. The third kappa shape index (κ3) is 3.33. The van der Waals surface area contributed by atoms with E-state index in [1.807, 2.05) is 0 Å². The molecular formula is C17H26N2O. The van der Waals surface area contributed by atoms with Gasteiger partial charge in [-0.1, -0.05) is 25.1 Å². The Morgan fingerprint density at radius 2 is 2.15 bits per heavy atom. The zero-order valence-electron chi connectivity index (χ0n) is 12.4. The molecule has 0 spiro atoms. The van der Waals surface area contributed by atoms with Crippen LogP contribution in [0.15, 0.2) is 24.3 Å². The van der Waals surface area contributed by atoms with Crippen LogP contribution in [0.2, 0.25) is 0 Å². The summed E-state index contributed by atoms with van der Waals surface area (Å²) in [5.74, 6) is 0.717. The smallest absolute Gasteiger partial charge is 0.0585 e. The molecule has 1 aromatic carbocycles. The van der Waals surface area contributed by atoms with Gasteiger partial charge in [-0.25, -0.2) is 0 Å². The second kappa shape index (κ2) is 6.15. The normalized spacial score (nSPS) is 23.5. The second-order valence-electron chi connectivity index (χ2n) is 6.49. The lowest BCUT2D eigenvalue weighted by atomic mass is 9.93. The number of fused-ring (bicyclic) bond motifs is 1. The van der Waals surface area contributed by atoms with E-state index in [2.05, 4.69) is 41.4 Å². The van der Waals surface area contributed by atoms with Crippen LogP contribution >= 0.6 is 0 Å². The number of aliphatic hydroxyl groups is 1. The van der Waals surface area contributed by atoms with Gasteiger partial charge in [-0.3, -0.25) is 0 Å². The number of hydrogen-bond acceptors (Lipinski definition) is 3. The van der Waals surface area contributed by atoms with Crippen molar-refractivity contribution in [2.24, 2.45) is 5.92 Å². The third-order valence-corrected chi connectivity index (χ3v) is 4.45. The van der Waals surface area contributed by atoms with Crippen molar-refractivity contribution in [2.75, 3.05) is 24.6 Å². The summed E-state index contributed by atoms with van der Waals surface area (Å²) in [7, 11) is 0. The zero-order chi connectivity index (χ0) is 13.9. The van der Waals surface area contributed by atoms with Crippen molar-refractivity contribution in [3.63, 3.8) is 0 Å². The molecule has 2 N–H and O–H groups in total. The van der Waals surface area contributed by atoms with Gasteiger partial charge in [0.05, 0.1) is 6.61 Å². The molecule has 0 saturated heterocycles. The molecule has 2 unspecified atom stereocenters. The highest BCUT2D eigenvalue weighted by Crippen LogP contribution is 2.29. The maximum atomic E-state index is 9.50. The van der Waals surface area contributed by atoms with Gasteiger partial charge in [-0.2, -0.15) is 0 Å². The molecule has 110 valence electrons. The van der Waals surface area contributed by atoms with Gasteiger partial charge in [0, 0.05) is 30.9 Å². The summed E-state index contributed by atoms with van der Waals surface area (Å²) < 4.78 is 0. The van der Waals surface area contributed by atoms with E-state index in [4.69, 9.17) is 0 Å². The number of rotatable bonds is 6. The van der Waals surface area contributed by atoms with E-state index in [1.54, 1.807) is 0 Å². The quantitative estimate of drug-likeness (QED) is 0.834. The second-order valence-corrected chi connectivity index (χ2v) is 6.49. The lowest BCUT2D eigenvalue weighted by Gasteiger charge is -2.35. The van der Waals surface area contributed by atoms with Crippen LogP contribution in [0.25, 0.3) is 0 Å². The van der Waals surface area contributed by atoms with Crippen molar-refractivity contribution in [1.29, 1.82) is 0 Å². The third-order valence-electron chi connectivity index (χ3n) is 4.45. The topological polar surface area (TPSA) is 35.5 Å². The average molecular weight is 274 g/mol. The van der Waals surface area contributed by atoms with Crippen molar-refractivity contribution >= 4 is 5.69 Å². The summed E-state index contributed by atoms with van der Waals surface area (Å²) in [5, 5.41) is 13.0. The first-order chi connectivity index (χ1) is 9.76. The van der Waals surface area contributed by atoms with Gasteiger partial charge in [0.25, 0.3) is 0 Å². The highest BCUT2D eigenvalue weighted by Gasteiger charge is 2.26. The minimum Gasteiger partial charge on any atom is -0.395 e. The predicted octanol–water partition coefficient (Wildman–Crippen LogP) is 2.19. The van der Waals surface area contributed by atoms with Gasteiger partial charge in [-0.05, 0) is 43.2 Å². The van der Waals surface area contributed by atoms with Crippen LogP contribution in [-0.4, -0.2) is 36.9 Å². The Labute approximate surface area is 122 Å². The number of nitrogens with one attached hydrogen (secondary N) is 1. The zero-order valence-corrected chi connectivity index (χ0v) is 12.4. The van der Waals surface area contributed by atoms with E-state index < -0.39 is 0 Å². The predicted molar refractivity (Wildman–Crippen MR) is 83.2 cm³/mol. The van der Waals surface area contributed by atoms with Crippen molar-refractivity contribution in [3.8, 4) is 0 Å². The van der Waals surface area contributed by atoms with Gasteiger partial charge in [0.15, 0.2) is 0 Å². The summed E-state index contributed by atoms with van der Waals surface area (Å²) in [5.41, 5.74) is 2.87. The first kappa shape index (κ1) is 13.9. The molecule has 1 aliphatic heterocycles. The van der Waals surface area contributed by atoms with Crippen molar-refractivity contribution in [3.05, 3.63) is 29.8 Å². The standard InChI is InChI=1S/C17H26N2O/c1-13-10-14-4-2-3-5-17(14)19(11-13)9-8-16(12-20)18-15-6-7-15/h2-5,13,15-16,18,20H,6-12H2,1H3. The minimum atomic E-state index is 0.252. The van der Waals surface area contributed by atoms with E-state index in [0.717, 1.165) is 19.5 Å². The Morgan fingerprint density at radius 3 is 2.90 bits per heavy atom. The molecule has 0 aromatic heterocycles. The molecule has 2 atom stereocenters. The molecule has 3 rings (SSSR count). The Balaban J connectivity index is 1.61. The van der Waals surface area contributed by atoms with E-state index in [1.165, 1.54) is 30.5 Å². The van der Waals surface area contributed by atoms with E-state index in [0.29, 0.717) is 12.0 Å². The fourth-order valence-electron chi connectivity index (χ4n) is 3.24. The Hall–Kier alpha value is -1.06. The van der Waals surface area contributed by atoms with Crippen LogP contribution in [0.5, 0.6) is 0 Å². The van der Waals surface area contributed by atoms with Crippen molar-refractivity contribution < 1.29 is 5.11 Å². The molecule has 1 heterocycles. The van der Waals surface area contributed by atoms with Crippen LogP contribution in [0.1, 0.15) is 31.7 Å². The average Bonchev–Trinajstić information content (AvgIpc) is 3.26. The Bertz CT molecular complexity index is 444. The van der Waals surface area contributed by atoms with Gasteiger partial charge in [0.2, 0.25) is 0 Å². The monoisotopic (exact) mass is 274 g/mol. The summed E-state index contributed by atoms with van der Waals surface area (Å²) in [6.07, 6.45) is 4.77. The summed E-state index contributed by atoms with van der Waals surface area (Å²) in [6.45, 7) is 4.75. The van der Waals surface area contributed by atoms with Crippen molar-refractivity contribution in [1.82, 2.24) is 5.32 Å². The molecule has 1 saturated carbocycles. The fourth-order valence-corrected chi connectivity index (χ4v) is 3.24. The van der Waals surface area contributed by atoms with E-state index in [9.17, 15) is 5.11 Å². The highest BCUT2D eigenvalue weighted by atomic mass is 16.3. The van der Waals surface area contributed by atoms with Crippen LogP contribution in [0, 0.1) is 5.92 Å². The number of para-hydroxylation sites is 1. The highest BCUT2D eigenvalue weighted by molar-refractivity contribution is 5.55. The molecule has 0 radical (unpaired) electrons. The molecule has 1 fully saturated rings. The Morgan fingerprint density at radius 1 is 1.35 bits per heavy atom. The molecule has 20 heavy (non-hydrogen) atoms. The van der Waals surface area contributed by atoms with Crippen LogP contribution < -0.4 is 10.2 Å². The summed E-state index contributed by atoms with van der Waals surface area (Å²) in [4.78, 5) is 2.50. The molecular weight excluding hydrogens is 248 g/mol. The van der Waals surface area contributed by atoms with Gasteiger partial charge < -0.3 is 15.3 Å². The number of hydrogen-bond donors (Lipinski definition) is 2. The van der Waals surface area contributed by atoms with Gasteiger partial charge in [-0.15, -0.1) is 0 Å². The molecule has 0 bridgehead atoms. The SMILES string of the molecule is CC1Cc2ccccc2N(CCC(CO)NC2CC2)C1. The van der Waals surface area contributed by atoms with Crippen molar-refractivity contribution in [2.45, 2.75) is 44.7 Å². The van der Waals surface area contributed by atoms with Gasteiger partial charge in [0.1, 0.15) is 0 Å². The van der Waals surface area contributed by atoms with E-state index in [-0.39, 0.29) is 12.6 Å². The molecule has 1 aliphatic carbocycles. The maximum Gasteiger partial charge on any atom is 0.0585 e. The molecule has 2 aliphatic rings. The number of nitrogens with zero attached hydrogens (tertiary/aromatic N) is 1. The maximum absolute atomic E-state index is 9.50. The largest absolute Gasteiger partial charge is 0.395 e. The number of benzene rings is 1.